The molecule has 82 valence electrons. The number of nitrogens with one attached hydrogen (secondary N) is 1. The molecule has 3 nitrogen and oxygen atoms in total. The van der Waals surface area contributed by atoms with Crippen LogP contribution in [0.4, 0.5) is 0 Å². The summed E-state index contributed by atoms with van der Waals surface area (Å²) in [4.78, 5) is 7.60. The normalized spacial score (nSPS) is 15.3. The van der Waals surface area contributed by atoms with E-state index in [0.717, 1.165) is 15.9 Å². The number of hydrogen-bond acceptors (Lipinski definition) is 3. The van der Waals surface area contributed by atoms with Gasteiger partial charge in [0.15, 0.2) is 11.6 Å². The molecule has 1 aliphatic carbocycles. The third kappa shape index (κ3) is 1.74. The zero-order chi connectivity index (χ0) is 11.1. The van der Waals surface area contributed by atoms with Crippen LogP contribution in [0.25, 0.3) is 11.6 Å². The Hall–Kier alpha value is -0.940. The van der Waals surface area contributed by atoms with Crippen molar-refractivity contribution in [1.29, 1.82) is 0 Å². The number of H-pyrrole nitrogens is 1. The lowest BCUT2D eigenvalue weighted by Gasteiger charge is -2.05. The van der Waals surface area contributed by atoms with E-state index in [1.165, 1.54) is 12.8 Å². The molecule has 2 heterocycles. The van der Waals surface area contributed by atoms with Crippen molar-refractivity contribution in [3.8, 4) is 11.6 Å². The van der Waals surface area contributed by atoms with Crippen molar-refractivity contribution in [3.05, 3.63) is 33.2 Å². The van der Waals surface area contributed by atoms with E-state index >= 15 is 0 Å². The number of halogens is 1. The number of nitrogens with zero attached hydrogens (tertiary/aromatic N) is 1. The molecule has 5 heteroatoms. The third-order valence-corrected chi connectivity index (χ3v) is 3.99. The fourth-order valence-corrected chi connectivity index (χ4v) is 2.37. The predicted molar refractivity (Wildman–Crippen MR) is 66.8 cm³/mol. The Morgan fingerprint density at radius 3 is 2.94 bits per heavy atom. The Morgan fingerprint density at radius 1 is 1.50 bits per heavy atom. The molecule has 0 spiro atoms. The summed E-state index contributed by atoms with van der Waals surface area (Å²) in [6, 6.07) is 3.71. The summed E-state index contributed by atoms with van der Waals surface area (Å²) in [5.74, 6) is 2.02. The zero-order valence-corrected chi connectivity index (χ0v) is 10.8. The molecule has 1 N–H and O–H groups in total. The van der Waals surface area contributed by atoms with Crippen LogP contribution in [0.15, 0.2) is 27.3 Å². The van der Waals surface area contributed by atoms with Crippen LogP contribution in [-0.4, -0.2) is 9.97 Å². The van der Waals surface area contributed by atoms with Gasteiger partial charge in [0.1, 0.15) is 4.64 Å². The summed E-state index contributed by atoms with van der Waals surface area (Å²) < 4.78 is 6.82. The van der Waals surface area contributed by atoms with E-state index in [2.05, 4.69) is 25.9 Å². The first-order valence-corrected chi connectivity index (χ1v) is 6.29. The number of aromatic amines is 1. The minimum atomic E-state index is 0.590. The molecule has 2 aromatic heterocycles. The van der Waals surface area contributed by atoms with Crippen molar-refractivity contribution in [3.63, 3.8) is 0 Å². The van der Waals surface area contributed by atoms with Crippen molar-refractivity contribution < 1.29 is 4.42 Å². The summed E-state index contributed by atoms with van der Waals surface area (Å²) in [5, 5.41) is 0. The van der Waals surface area contributed by atoms with E-state index in [1.807, 2.05) is 12.1 Å². The predicted octanol–water partition coefficient (Wildman–Crippen LogP) is 4.04. The molecule has 1 saturated carbocycles. The maximum atomic E-state index is 5.31. The molecule has 16 heavy (non-hydrogen) atoms. The van der Waals surface area contributed by atoms with Gasteiger partial charge in [0.2, 0.25) is 0 Å². The molecule has 3 rings (SSSR count). The lowest BCUT2D eigenvalue weighted by molar-refractivity contribution is 0.576. The second-order valence-corrected chi connectivity index (χ2v) is 5.05. The van der Waals surface area contributed by atoms with Crippen molar-refractivity contribution in [2.75, 3.05) is 0 Å². The number of aromatic nitrogens is 2. The van der Waals surface area contributed by atoms with E-state index in [4.69, 9.17) is 16.6 Å². The summed E-state index contributed by atoms with van der Waals surface area (Å²) in [7, 11) is 0. The SMILES string of the molecule is S=c1nc(-c2ccco2)[nH]c(C2CC2)c1Br. The molecule has 0 aromatic carbocycles. The Bertz CT molecular complexity index is 572. The molecule has 1 aliphatic rings. The van der Waals surface area contributed by atoms with Gasteiger partial charge in [-0.05, 0) is 40.9 Å². The largest absolute Gasteiger partial charge is 0.461 e. The van der Waals surface area contributed by atoms with Crippen LogP contribution in [0.1, 0.15) is 24.5 Å². The average Bonchev–Trinajstić information content (AvgIpc) is 2.96. The highest BCUT2D eigenvalue weighted by Crippen LogP contribution is 2.42. The minimum Gasteiger partial charge on any atom is -0.461 e. The van der Waals surface area contributed by atoms with Gasteiger partial charge in [-0.15, -0.1) is 0 Å². The van der Waals surface area contributed by atoms with Gasteiger partial charge in [-0.25, -0.2) is 4.98 Å². The van der Waals surface area contributed by atoms with Crippen molar-refractivity contribution >= 4 is 28.1 Å². The van der Waals surface area contributed by atoms with E-state index < -0.39 is 0 Å². The fourth-order valence-electron chi connectivity index (χ4n) is 1.66. The highest BCUT2D eigenvalue weighted by Gasteiger charge is 2.27. The van der Waals surface area contributed by atoms with Crippen LogP contribution in [-0.2, 0) is 0 Å². The highest BCUT2D eigenvalue weighted by atomic mass is 79.9. The summed E-state index contributed by atoms with van der Waals surface area (Å²) >= 11 is 8.72. The Balaban J connectivity index is 2.17. The zero-order valence-electron chi connectivity index (χ0n) is 8.37. The Labute approximate surface area is 106 Å². The summed E-state index contributed by atoms with van der Waals surface area (Å²) in [6.07, 6.45) is 4.06. The van der Waals surface area contributed by atoms with Gasteiger partial charge >= 0.3 is 0 Å². The van der Waals surface area contributed by atoms with Gasteiger partial charge in [-0.3, -0.25) is 0 Å². The standard InChI is InChI=1S/C11H9BrN2OS/c12-8-9(6-3-4-6)13-10(14-11(8)16)7-2-1-5-15-7/h1-2,5-6H,3-4H2,(H,13,14,16). The van der Waals surface area contributed by atoms with Crippen LogP contribution >= 0.6 is 28.1 Å². The summed E-state index contributed by atoms with van der Waals surface area (Å²) in [5.41, 5.74) is 1.14. The molecule has 1 fully saturated rings. The topological polar surface area (TPSA) is 41.8 Å². The smallest absolute Gasteiger partial charge is 0.175 e. The van der Waals surface area contributed by atoms with Crippen LogP contribution < -0.4 is 0 Å². The van der Waals surface area contributed by atoms with Crippen molar-refractivity contribution in [2.45, 2.75) is 18.8 Å². The quantitative estimate of drug-likeness (QED) is 0.851. The van der Waals surface area contributed by atoms with Crippen LogP contribution in [0.5, 0.6) is 0 Å². The lowest BCUT2D eigenvalue weighted by Crippen LogP contribution is -1.96. The maximum absolute atomic E-state index is 5.31. The molecule has 0 amide bonds. The average molecular weight is 297 g/mol. The summed E-state index contributed by atoms with van der Waals surface area (Å²) in [6.45, 7) is 0. The Kier molecular flexibility index (Phi) is 2.44. The first-order chi connectivity index (χ1) is 7.75. The second kappa shape index (κ2) is 3.82. The van der Waals surface area contributed by atoms with Crippen LogP contribution in [0.2, 0.25) is 0 Å². The minimum absolute atomic E-state index is 0.590. The van der Waals surface area contributed by atoms with Crippen molar-refractivity contribution in [1.82, 2.24) is 9.97 Å². The second-order valence-electron chi connectivity index (χ2n) is 3.87. The van der Waals surface area contributed by atoms with Gasteiger partial charge in [0.25, 0.3) is 0 Å². The van der Waals surface area contributed by atoms with Gasteiger partial charge in [-0.1, -0.05) is 12.2 Å². The molecule has 0 saturated heterocycles. The van der Waals surface area contributed by atoms with Gasteiger partial charge < -0.3 is 9.40 Å². The molecule has 2 aromatic rings. The number of rotatable bonds is 2. The highest BCUT2D eigenvalue weighted by molar-refractivity contribution is 9.10. The van der Waals surface area contributed by atoms with Gasteiger partial charge in [0.05, 0.1) is 10.7 Å². The molecular formula is C11H9BrN2OS. The van der Waals surface area contributed by atoms with Crippen LogP contribution in [0, 0.1) is 4.64 Å². The number of hydrogen-bond donors (Lipinski definition) is 1. The molecule has 0 aliphatic heterocycles. The van der Waals surface area contributed by atoms with Gasteiger partial charge in [-0.2, -0.15) is 0 Å². The van der Waals surface area contributed by atoms with Gasteiger partial charge in [0, 0.05) is 11.6 Å². The molecule has 0 radical (unpaired) electrons. The Morgan fingerprint density at radius 2 is 2.31 bits per heavy atom. The van der Waals surface area contributed by atoms with E-state index in [0.29, 0.717) is 16.4 Å². The first-order valence-electron chi connectivity index (χ1n) is 5.09. The maximum Gasteiger partial charge on any atom is 0.175 e. The molecule has 0 unspecified atom stereocenters. The third-order valence-electron chi connectivity index (χ3n) is 2.63. The van der Waals surface area contributed by atoms with E-state index in [1.54, 1.807) is 6.26 Å². The van der Waals surface area contributed by atoms with Crippen molar-refractivity contribution in [2.24, 2.45) is 0 Å². The lowest BCUT2D eigenvalue weighted by atomic mass is 10.3. The van der Waals surface area contributed by atoms with E-state index in [-0.39, 0.29) is 0 Å². The molecule has 0 bridgehead atoms. The molecule has 0 atom stereocenters. The van der Waals surface area contributed by atoms with Crippen LogP contribution in [0.3, 0.4) is 0 Å². The fraction of sp³-hybridized carbons (Fsp3) is 0.273. The molecular weight excluding hydrogens is 288 g/mol. The number of furan rings is 1. The monoisotopic (exact) mass is 296 g/mol. The van der Waals surface area contributed by atoms with E-state index in [9.17, 15) is 0 Å². The first kappa shape index (κ1) is 10.2.